The number of hydrazine groups is 1. The Morgan fingerprint density at radius 1 is 1.23 bits per heavy atom. The Labute approximate surface area is 134 Å². The average Bonchev–Trinajstić information content (AvgIpc) is 2.50. The summed E-state index contributed by atoms with van der Waals surface area (Å²) in [5.41, 5.74) is 4.69. The molecule has 0 fully saturated rings. The van der Waals surface area contributed by atoms with E-state index in [1.54, 1.807) is 0 Å². The molecule has 0 atom stereocenters. The van der Waals surface area contributed by atoms with Crippen LogP contribution in [-0.4, -0.2) is 50.6 Å². The summed E-state index contributed by atoms with van der Waals surface area (Å²) in [5.74, 6) is -0.230. The molecule has 7 nitrogen and oxygen atoms in total. The monoisotopic (exact) mass is 345 g/mol. The molecule has 1 aromatic carbocycles. The second-order valence-electron chi connectivity index (χ2n) is 4.56. The third-order valence-corrected chi connectivity index (χ3v) is 5.15. The molecular weight excluding hydrogens is 326 g/mol. The topological polar surface area (TPSA) is 95.6 Å². The summed E-state index contributed by atoms with van der Waals surface area (Å²) in [6.07, 6.45) is 2.17. The number of benzene rings is 1. The zero-order chi connectivity index (χ0) is 16.8. The highest BCUT2D eigenvalue weighted by Crippen LogP contribution is 2.14. The van der Waals surface area contributed by atoms with Crippen LogP contribution in [-0.2, 0) is 14.8 Å². The maximum absolute atomic E-state index is 12.0. The van der Waals surface area contributed by atoms with E-state index < -0.39 is 15.9 Å². The van der Waals surface area contributed by atoms with Gasteiger partial charge in [-0.1, -0.05) is 6.07 Å². The Hall–Kier alpha value is -1.58. The second kappa shape index (κ2) is 8.16. The van der Waals surface area contributed by atoms with Crippen molar-refractivity contribution in [1.29, 1.82) is 0 Å². The van der Waals surface area contributed by atoms with Crippen molar-refractivity contribution in [2.75, 3.05) is 26.1 Å². The van der Waals surface area contributed by atoms with Crippen molar-refractivity contribution < 1.29 is 18.0 Å². The largest absolute Gasteiger partial charge is 0.273 e. The first-order valence-electron chi connectivity index (χ1n) is 6.39. The predicted molar refractivity (Wildman–Crippen MR) is 85.9 cm³/mol. The number of nitrogens with zero attached hydrogens (tertiary/aromatic N) is 1. The third-order valence-electron chi connectivity index (χ3n) is 2.72. The minimum atomic E-state index is -3.61. The Bertz CT molecular complexity index is 644. The van der Waals surface area contributed by atoms with E-state index in [0.717, 1.165) is 4.31 Å². The summed E-state index contributed by atoms with van der Waals surface area (Å²) >= 11 is 1.52. The van der Waals surface area contributed by atoms with Gasteiger partial charge >= 0.3 is 0 Å². The van der Waals surface area contributed by atoms with Crippen molar-refractivity contribution in [2.24, 2.45) is 0 Å². The van der Waals surface area contributed by atoms with Gasteiger partial charge in [0.25, 0.3) is 5.91 Å². The van der Waals surface area contributed by atoms with Crippen LogP contribution in [0.2, 0.25) is 0 Å². The highest BCUT2D eigenvalue weighted by atomic mass is 32.2. The van der Waals surface area contributed by atoms with E-state index >= 15 is 0 Å². The van der Waals surface area contributed by atoms with E-state index in [4.69, 9.17) is 0 Å². The van der Waals surface area contributed by atoms with Gasteiger partial charge in [0.15, 0.2) is 0 Å². The number of thioether (sulfide) groups is 1. The minimum absolute atomic E-state index is 0.0128. The molecule has 0 aliphatic carbocycles. The number of nitrogens with one attached hydrogen (secondary N) is 2. The van der Waals surface area contributed by atoms with Crippen LogP contribution in [0.25, 0.3) is 0 Å². The number of rotatable bonds is 6. The van der Waals surface area contributed by atoms with Gasteiger partial charge in [-0.15, -0.1) is 0 Å². The van der Waals surface area contributed by atoms with Crippen molar-refractivity contribution in [3.63, 3.8) is 0 Å². The van der Waals surface area contributed by atoms with E-state index in [9.17, 15) is 18.0 Å². The van der Waals surface area contributed by atoms with Crippen LogP contribution in [0, 0.1) is 0 Å². The molecule has 9 heteroatoms. The van der Waals surface area contributed by atoms with E-state index in [-0.39, 0.29) is 22.8 Å². The Morgan fingerprint density at radius 3 is 2.50 bits per heavy atom. The molecule has 0 heterocycles. The van der Waals surface area contributed by atoms with Gasteiger partial charge in [0.1, 0.15) is 0 Å². The van der Waals surface area contributed by atoms with E-state index in [0.29, 0.717) is 5.75 Å². The van der Waals surface area contributed by atoms with Crippen LogP contribution in [0.1, 0.15) is 16.8 Å². The smallest absolute Gasteiger partial charge is 0.269 e. The normalized spacial score (nSPS) is 11.3. The van der Waals surface area contributed by atoms with E-state index in [1.807, 2.05) is 6.26 Å². The van der Waals surface area contributed by atoms with Gasteiger partial charge in [-0.2, -0.15) is 11.8 Å². The fourth-order valence-corrected chi connectivity index (χ4v) is 2.80. The summed E-state index contributed by atoms with van der Waals surface area (Å²) in [7, 11) is -0.791. The molecule has 1 aromatic rings. The van der Waals surface area contributed by atoms with Crippen LogP contribution in [0.5, 0.6) is 0 Å². The van der Waals surface area contributed by atoms with Crippen LogP contribution < -0.4 is 10.9 Å². The van der Waals surface area contributed by atoms with Crippen molar-refractivity contribution in [2.45, 2.75) is 11.3 Å². The minimum Gasteiger partial charge on any atom is -0.273 e. The first-order valence-corrected chi connectivity index (χ1v) is 9.23. The van der Waals surface area contributed by atoms with Gasteiger partial charge < -0.3 is 0 Å². The number of hydrogen-bond acceptors (Lipinski definition) is 5. The van der Waals surface area contributed by atoms with Gasteiger partial charge in [0, 0.05) is 31.8 Å². The van der Waals surface area contributed by atoms with Crippen molar-refractivity contribution in [1.82, 2.24) is 15.2 Å². The molecule has 0 radical (unpaired) electrons. The number of amides is 2. The van der Waals surface area contributed by atoms with E-state index in [2.05, 4.69) is 10.9 Å². The second-order valence-corrected chi connectivity index (χ2v) is 7.70. The molecule has 0 aromatic heterocycles. The van der Waals surface area contributed by atoms with Gasteiger partial charge in [0.05, 0.1) is 4.90 Å². The van der Waals surface area contributed by atoms with Gasteiger partial charge in [0.2, 0.25) is 15.9 Å². The van der Waals surface area contributed by atoms with Gasteiger partial charge in [-0.05, 0) is 24.5 Å². The molecule has 0 spiro atoms. The molecular formula is C13H19N3O4S2. The number of hydrogen-bond donors (Lipinski definition) is 2. The molecule has 0 saturated carbocycles. The molecule has 2 N–H and O–H groups in total. The molecule has 1 rings (SSSR count). The summed E-state index contributed by atoms with van der Waals surface area (Å²) in [4.78, 5) is 23.4. The quantitative estimate of drug-likeness (QED) is 0.730. The Kier molecular flexibility index (Phi) is 6.85. The molecule has 0 aliphatic heterocycles. The zero-order valence-electron chi connectivity index (χ0n) is 12.6. The van der Waals surface area contributed by atoms with Crippen molar-refractivity contribution in [3.8, 4) is 0 Å². The van der Waals surface area contributed by atoms with Gasteiger partial charge in [-0.3, -0.25) is 20.4 Å². The molecule has 22 heavy (non-hydrogen) atoms. The average molecular weight is 345 g/mol. The van der Waals surface area contributed by atoms with E-state index in [1.165, 1.54) is 50.1 Å². The first kappa shape index (κ1) is 18.5. The zero-order valence-corrected chi connectivity index (χ0v) is 14.3. The summed E-state index contributed by atoms with van der Waals surface area (Å²) < 4.78 is 25.1. The maximum Gasteiger partial charge on any atom is 0.269 e. The molecule has 0 saturated heterocycles. The van der Waals surface area contributed by atoms with Crippen LogP contribution in [0.3, 0.4) is 0 Å². The summed E-state index contributed by atoms with van der Waals surface area (Å²) in [6, 6.07) is 5.61. The summed E-state index contributed by atoms with van der Waals surface area (Å²) in [6.45, 7) is 0. The molecule has 122 valence electrons. The number of sulfonamides is 1. The third kappa shape index (κ3) is 5.00. The lowest BCUT2D eigenvalue weighted by molar-refractivity contribution is -0.121. The lowest BCUT2D eigenvalue weighted by Gasteiger charge is -2.12. The molecule has 0 unspecified atom stereocenters. The maximum atomic E-state index is 12.0. The highest BCUT2D eigenvalue weighted by molar-refractivity contribution is 7.98. The SMILES string of the molecule is CSCCC(=O)NNC(=O)c1cccc(S(=O)(=O)N(C)C)c1. The van der Waals surface area contributed by atoms with Crippen LogP contribution in [0.4, 0.5) is 0 Å². The molecule has 0 bridgehead atoms. The number of carbonyl (C=O) groups is 2. The lowest BCUT2D eigenvalue weighted by atomic mass is 10.2. The molecule has 2 amide bonds. The fraction of sp³-hybridized carbons (Fsp3) is 0.385. The standard InChI is InChI=1S/C13H19N3O4S2/c1-16(2)22(19,20)11-6-4-5-10(9-11)13(18)15-14-12(17)7-8-21-3/h4-6,9H,7-8H2,1-3H3,(H,14,17)(H,15,18). The van der Waals surface area contributed by atoms with Crippen LogP contribution in [0.15, 0.2) is 29.2 Å². The summed E-state index contributed by atoms with van der Waals surface area (Å²) in [5, 5.41) is 0. The van der Waals surface area contributed by atoms with Crippen molar-refractivity contribution in [3.05, 3.63) is 29.8 Å². The molecule has 0 aliphatic rings. The lowest BCUT2D eigenvalue weighted by Crippen LogP contribution is -2.41. The Morgan fingerprint density at radius 2 is 1.91 bits per heavy atom. The van der Waals surface area contributed by atoms with Crippen LogP contribution >= 0.6 is 11.8 Å². The fourth-order valence-electron chi connectivity index (χ4n) is 1.46. The van der Waals surface area contributed by atoms with Gasteiger partial charge in [-0.25, -0.2) is 12.7 Å². The predicted octanol–water partition coefficient (Wildman–Crippen LogP) is 0.451. The Balaban J connectivity index is 2.78. The van der Waals surface area contributed by atoms with Crippen molar-refractivity contribution >= 4 is 33.6 Å². The highest BCUT2D eigenvalue weighted by Gasteiger charge is 2.18. The first-order chi connectivity index (χ1) is 10.3. The number of carbonyl (C=O) groups excluding carboxylic acids is 2.